The minimum absolute atomic E-state index is 0.386. The van der Waals surface area contributed by atoms with Gasteiger partial charge in [-0.1, -0.05) is 23.9 Å². The van der Waals surface area contributed by atoms with Gasteiger partial charge in [-0.25, -0.2) is 4.68 Å². The number of nitrogens with zero attached hydrogens (tertiary/aromatic N) is 4. The monoisotopic (exact) mass is 344 g/mol. The molecule has 2 heterocycles. The molecule has 1 unspecified atom stereocenters. The molecule has 7 nitrogen and oxygen atoms in total. The number of carbonyl (C=O) groups is 1. The summed E-state index contributed by atoms with van der Waals surface area (Å²) in [5.74, 6) is 0.150. The van der Waals surface area contributed by atoms with Crippen LogP contribution in [0.5, 0.6) is 0 Å². The van der Waals surface area contributed by atoms with E-state index in [1.165, 1.54) is 11.8 Å². The SMILES string of the molecule is CSc1nc2n(n1)C(c1ccc(N(C)C)cc1)C(C(N)=O)=C(C)N2. The molecule has 3 N–H and O–H groups in total. The summed E-state index contributed by atoms with van der Waals surface area (Å²) in [6.07, 6.45) is 1.91. The first-order valence-electron chi connectivity index (χ1n) is 7.47. The van der Waals surface area contributed by atoms with Gasteiger partial charge in [0.15, 0.2) is 0 Å². The number of nitrogens with two attached hydrogens (primary N) is 1. The van der Waals surface area contributed by atoms with E-state index in [1.807, 2.05) is 56.4 Å². The zero-order valence-electron chi connectivity index (χ0n) is 14.1. The van der Waals surface area contributed by atoms with Gasteiger partial charge in [-0.05, 0) is 30.9 Å². The smallest absolute Gasteiger partial charge is 0.248 e. The Morgan fingerprint density at radius 2 is 2.00 bits per heavy atom. The number of primary amides is 1. The largest absolute Gasteiger partial charge is 0.378 e. The molecule has 8 heteroatoms. The van der Waals surface area contributed by atoms with Gasteiger partial charge in [0.2, 0.25) is 17.0 Å². The molecule has 1 atom stereocenters. The fourth-order valence-electron chi connectivity index (χ4n) is 2.80. The minimum atomic E-state index is -0.464. The highest BCUT2D eigenvalue weighted by atomic mass is 32.2. The number of amides is 1. The lowest BCUT2D eigenvalue weighted by atomic mass is 9.95. The van der Waals surface area contributed by atoms with E-state index >= 15 is 0 Å². The molecular formula is C16H20N6OS. The molecule has 24 heavy (non-hydrogen) atoms. The average molecular weight is 344 g/mol. The molecule has 3 rings (SSSR count). The van der Waals surface area contributed by atoms with Crippen LogP contribution in [-0.2, 0) is 4.79 Å². The standard InChI is InChI=1S/C16H20N6OS/c1-9-12(14(17)23)13(10-5-7-11(8-6-10)21(2)3)22-15(18-9)19-16(20-22)24-4/h5-8,13H,1-4H3,(H2,17,23)(H,18,19,20). The van der Waals surface area contributed by atoms with Crippen LogP contribution in [-0.4, -0.2) is 41.0 Å². The fraction of sp³-hybridized carbons (Fsp3) is 0.312. The van der Waals surface area contributed by atoms with Crippen molar-refractivity contribution >= 4 is 29.3 Å². The van der Waals surface area contributed by atoms with Crippen LogP contribution in [0.4, 0.5) is 11.6 Å². The van der Waals surface area contributed by atoms with E-state index < -0.39 is 5.91 Å². The maximum atomic E-state index is 12.1. The van der Waals surface area contributed by atoms with Gasteiger partial charge >= 0.3 is 0 Å². The van der Waals surface area contributed by atoms with Crippen LogP contribution >= 0.6 is 11.8 Å². The molecule has 2 aromatic rings. The van der Waals surface area contributed by atoms with E-state index in [0.717, 1.165) is 11.3 Å². The predicted molar refractivity (Wildman–Crippen MR) is 96.2 cm³/mol. The van der Waals surface area contributed by atoms with E-state index in [9.17, 15) is 4.79 Å². The zero-order chi connectivity index (χ0) is 17.4. The highest BCUT2D eigenvalue weighted by Crippen LogP contribution is 2.36. The molecule has 1 amide bonds. The summed E-state index contributed by atoms with van der Waals surface area (Å²) in [6, 6.07) is 7.62. The number of rotatable bonds is 4. The van der Waals surface area contributed by atoms with Crippen LogP contribution in [0.15, 0.2) is 40.7 Å². The quantitative estimate of drug-likeness (QED) is 0.823. The van der Waals surface area contributed by atoms with Crippen molar-refractivity contribution in [1.29, 1.82) is 0 Å². The third-order valence-corrected chi connectivity index (χ3v) is 4.54. The number of fused-ring (bicyclic) bond motifs is 1. The molecule has 1 aliphatic heterocycles. The van der Waals surface area contributed by atoms with Crippen LogP contribution in [0.25, 0.3) is 0 Å². The van der Waals surface area contributed by atoms with Crippen LogP contribution in [0.3, 0.4) is 0 Å². The lowest BCUT2D eigenvalue weighted by Gasteiger charge is -2.28. The molecular weight excluding hydrogens is 324 g/mol. The first-order valence-corrected chi connectivity index (χ1v) is 8.70. The number of carbonyl (C=O) groups excluding carboxylic acids is 1. The normalized spacial score (nSPS) is 16.6. The number of hydrogen-bond donors (Lipinski definition) is 2. The summed E-state index contributed by atoms with van der Waals surface area (Å²) in [4.78, 5) is 18.5. The Morgan fingerprint density at radius 1 is 1.33 bits per heavy atom. The summed E-state index contributed by atoms with van der Waals surface area (Å²) in [5, 5.41) is 8.27. The Morgan fingerprint density at radius 3 is 2.54 bits per heavy atom. The maximum Gasteiger partial charge on any atom is 0.248 e. The second-order valence-corrected chi connectivity index (χ2v) is 6.56. The van der Waals surface area contributed by atoms with Crippen molar-refractivity contribution in [1.82, 2.24) is 14.8 Å². The highest BCUT2D eigenvalue weighted by Gasteiger charge is 2.33. The number of thioether (sulfide) groups is 1. The van der Waals surface area contributed by atoms with Crippen molar-refractivity contribution in [2.24, 2.45) is 5.73 Å². The Balaban J connectivity index is 2.14. The first-order chi connectivity index (χ1) is 11.4. The molecule has 1 aliphatic rings. The number of hydrogen-bond acceptors (Lipinski definition) is 6. The summed E-state index contributed by atoms with van der Waals surface area (Å²) in [5.41, 5.74) is 8.87. The first kappa shape index (κ1) is 16.4. The van der Waals surface area contributed by atoms with Crippen LogP contribution < -0.4 is 16.0 Å². The van der Waals surface area contributed by atoms with Gasteiger partial charge in [0.25, 0.3) is 0 Å². The van der Waals surface area contributed by atoms with Gasteiger partial charge in [-0.15, -0.1) is 5.10 Å². The molecule has 0 bridgehead atoms. The van der Waals surface area contributed by atoms with Gasteiger partial charge in [0.1, 0.15) is 6.04 Å². The molecule has 1 aromatic heterocycles. The topological polar surface area (TPSA) is 89.1 Å². The second-order valence-electron chi connectivity index (χ2n) is 5.78. The van der Waals surface area contributed by atoms with E-state index in [2.05, 4.69) is 15.4 Å². The van der Waals surface area contributed by atoms with Gasteiger partial charge in [0.05, 0.1) is 5.57 Å². The molecule has 1 aromatic carbocycles. The Labute approximate surface area is 144 Å². The Kier molecular flexibility index (Phi) is 4.23. The van der Waals surface area contributed by atoms with Gasteiger partial charge in [-0.2, -0.15) is 4.98 Å². The number of benzene rings is 1. The van der Waals surface area contributed by atoms with Crippen molar-refractivity contribution in [2.45, 2.75) is 18.1 Å². The summed E-state index contributed by atoms with van der Waals surface area (Å²) in [6.45, 7) is 1.83. The molecule has 0 aliphatic carbocycles. The third kappa shape index (κ3) is 2.73. The molecule has 0 saturated carbocycles. The van der Waals surface area contributed by atoms with Crippen LogP contribution in [0.1, 0.15) is 18.5 Å². The van der Waals surface area contributed by atoms with Crippen molar-refractivity contribution in [3.8, 4) is 0 Å². The summed E-state index contributed by atoms with van der Waals surface area (Å²) < 4.78 is 1.73. The third-order valence-electron chi connectivity index (χ3n) is 4.01. The van der Waals surface area contributed by atoms with Gasteiger partial charge < -0.3 is 16.0 Å². The molecule has 0 fully saturated rings. The number of aromatic nitrogens is 3. The number of nitrogens with one attached hydrogen (secondary N) is 1. The summed E-state index contributed by atoms with van der Waals surface area (Å²) >= 11 is 1.45. The van der Waals surface area contributed by atoms with E-state index in [1.54, 1.807) is 4.68 Å². The van der Waals surface area contributed by atoms with Crippen molar-refractivity contribution < 1.29 is 4.79 Å². The van der Waals surface area contributed by atoms with Crippen LogP contribution in [0.2, 0.25) is 0 Å². The lowest BCUT2D eigenvalue weighted by Crippen LogP contribution is -2.31. The van der Waals surface area contributed by atoms with Crippen molar-refractivity contribution in [3.63, 3.8) is 0 Å². The maximum absolute atomic E-state index is 12.1. The van der Waals surface area contributed by atoms with Gasteiger partial charge in [-0.3, -0.25) is 4.79 Å². The van der Waals surface area contributed by atoms with Gasteiger partial charge in [0, 0.05) is 25.5 Å². The molecule has 126 valence electrons. The predicted octanol–water partition coefficient (Wildman–Crippen LogP) is 1.84. The van der Waals surface area contributed by atoms with Crippen molar-refractivity contribution in [2.75, 3.05) is 30.6 Å². The van der Waals surface area contributed by atoms with E-state index in [0.29, 0.717) is 22.4 Å². The molecule has 0 saturated heterocycles. The Hall–Kier alpha value is -2.48. The van der Waals surface area contributed by atoms with E-state index in [4.69, 9.17) is 5.73 Å². The van der Waals surface area contributed by atoms with Crippen LogP contribution in [0, 0.1) is 0 Å². The van der Waals surface area contributed by atoms with Crippen molar-refractivity contribution in [3.05, 3.63) is 41.1 Å². The highest BCUT2D eigenvalue weighted by molar-refractivity contribution is 7.98. The second kappa shape index (κ2) is 6.20. The Bertz CT molecular complexity index is 808. The fourth-order valence-corrected chi connectivity index (χ4v) is 3.15. The molecule has 0 spiro atoms. The summed E-state index contributed by atoms with van der Waals surface area (Å²) in [7, 11) is 3.97. The number of anilines is 2. The number of allylic oxidation sites excluding steroid dienone is 1. The zero-order valence-corrected chi connectivity index (χ0v) is 14.9. The van der Waals surface area contributed by atoms with E-state index in [-0.39, 0.29) is 6.04 Å². The lowest BCUT2D eigenvalue weighted by molar-refractivity contribution is -0.115. The average Bonchev–Trinajstić information content (AvgIpc) is 2.95. The molecule has 0 radical (unpaired) electrons. The minimum Gasteiger partial charge on any atom is -0.378 e.